The van der Waals surface area contributed by atoms with Crippen LogP contribution < -0.4 is 15.4 Å². The molecule has 3 rings (SSSR count). The first-order chi connectivity index (χ1) is 10.6. The van der Waals surface area contributed by atoms with Crippen LogP contribution in [0.5, 0.6) is 5.75 Å². The van der Waals surface area contributed by atoms with Crippen molar-refractivity contribution in [1.82, 2.24) is 5.32 Å². The van der Waals surface area contributed by atoms with Gasteiger partial charge in [-0.3, -0.25) is 9.79 Å². The highest BCUT2D eigenvalue weighted by atomic mass is 16.5. The van der Waals surface area contributed by atoms with Crippen molar-refractivity contribution < 1.29 is 9.53 Å². The van der Waals surface area contributed by atoms with E-state index >= 15 is 0 Å². The van der Waals surface area contributed by atoms with Crippen LogP contribution in [-0.4, -0.2) is 31.3 Å². The molecule has 1 aromatic rings. The molecule has 1 atom stereocenters. The van der Waals surface area contributed by atoms with Gasteiger partial charge in [0, 0.05) is 19.1 Å². The van der Waals surface area contributed by atoms with Crippen LogP contribution in [0.15, 0.2) is 17.1 Å². The molecule has 0 saturated heterocycles. The number of nitrogens with zero attached hydrogens (tertiary/aromatic N) is 1. The van der Waals surface area contributed by atoms with Crippen LogP contribution in [0.1, 0.15) is 37.8 Å². The summed E-state index contributed by atoms with van der Waals surface area (Å²) in [6.45, 7) is 5.75. The molecule has 1 unspecified atom stereocenters. The molecule has 2 N–H and O–H groups in total. The Balaban J connectivity index is 2.03. The van der Waals surface area contributed by atoms with E-state index in [4.69, 9.17) is 4.74 Å². The predicted octanol–water partition coefficient (Wildman–Crippen LogP) is 2.34. The average Bonchev–Trinajstić information content (AvgIpc) is 2.52. The number of ether oxygens (including phenoxy) is 1. The van der Waals surface area contributed by atoms with Crippen molar-refractivity contribution >= 4 is 17.3 Å². The zero-order valence-electron chi connectivity index (χ0n) is 13.4. The van der Waals surface area contributed by atoms with E-state index in [0.717, 1.165) is 54.2 Å². The van der Waals surface area contributed by atoms with E-state index in [1.54, 1.807) is 7.11 Å². The molecular weight excluding hydrogens is 278 g/mol. The summed E-state index contributed by atoms with van der Waals surface area (Å²) in [5, 5.41) is 6.42. The minimum absolute atomic E-state index is 0.0574. The van der Waals surface area contributed by atoms with Gasteiger partial charge in [0.1, 0.15) is 5.75 Å². The standard InChI is InChI=1S/C17H23N3O2/c1-10(2)19-9-11-7-13-15(14(8-11)22-3)16-12(17(21)20-13)5-4-6-18-16/h7-8,10,12,19H,4-6,9H2,1-3H3,(H,20,21). The number of rotatable bonds is 4. The van der Waals surface area contributed by atoms with Gasteiger partial charge in [0.2, 0.25) is 5.91 Å². The number of carbonyl (C=O) groups is 1. The maximum Gasteiger partial charge on any atom is 0.233 e. The van der Waals surface area contributed by atoms with Gasteiger partial charge >= 0.3 is 0 Å². The lowest BCUT2D eigenvalue weighted by Crippen LogP contribution is -2.38. The summed E-state index contributed by atoms with van der Waals surface area (Å²) in [5.74, 6) is 0.723. The Labute approximate surface area is 131 Å². The average molecular weight is 301 g/mol. The third-order valence-corrected chi connectivity index (χ3v) is 4.19. The molecular formula is C17H23N3O2. The smallest absolute Gasteiger partial charge is 0.233 e. The summed E-state index contributed by atoms with van der Waals surface area (Å²) in [6.07, 6.45) is 1.83. The molecule has 0 fully saturated rings. The Bertz CT molecular complexity index is 623. The summed E-state index contributed by atoms with van der Waals surface area (Å²) in [6, 6.07) is 4.47. The van der Waals surface area contributed by atoms with Crippen molar-refractivity contribution in [3.63, 3.8) is 0 Å². The molecule has 118 valence electrons. The number of hydrogen-bond acceptors (Lipinski definition) is 4. The molecule has 1 amide bonds. The maximum atomic E-state index is 12.3. The minimum atomic E-state index is -0.130. The normalized spacial score (nSPS) is 20.1. The van der Waals surface area contributed by atoms with Crippen LogP contribution in [0.4, 0.5) is 5.69 Å². The summed E-state index contributed by atoms with van der Waals surface area (Å²) >= 11 is 0. The van der Waals surface area contributed by atoms with Crippen LogP contribution in [0.2, 0.25) is 0 Å². The van der Waals surface area contributed by atoms with Crippen molar-refractivity contribution in [2.45, 2.75) is 39.3 Å². The van der Waals surface area contributed by atoms with E-state index in [0.29, 0.717) is 6.04 Å². The number of carbonyl (C=O) groups excluding carboxylic acids is 1. The lowest BCUT2D eigenvalue weighted by molar-refractivity contribution is -0.118. The molecule has 0 saturated carbocycles. The van der Waals surface area contributed by atoms with E-state index in [1.165, 1.54) is 0 Å². The number of benzene rings is 1. The Hall–Kier alpha value is -1.88. The van der Waals surface area contributed by atoms with Crippen molar-refractivity contribution in [2.24, 2.45) is 10.9 Å². The van der Waals surface area contributed by atoms with Crippen molar-refractivity contribution in [3.05, 3.63) is 23.3 Å². The molecule has 0 aliphatic carbocycles. The van der Waals surface area contributed by atoms with E-state index in [1.807, 2.05) is 12.1 Å². The highest BCUT2D eigenvalue weighted by Gasteiger charge is 2.35. The minimum Gasteiger partial charge on any atom is -0.496 e. The summed E-state index contributed by atoms with van der Waals surface area (Å²) in [7, 11) is 1.67. The van der Waals surface area contributed by atoms with Crippen LogP contribution in [0, 0.1) is 5.92 Å². The Kier molecular flexibility index (Phi) is 4.16. The second kappa shape index (κ2) is 6.08. The van der Waals surface area contributed by atoms with Crippen molar-refractivity contribution in [1.29, 1.82) is 0 Å². The highest BCUT2D eigenvalue weighted by Crippen LogP contribution is 2.37. The summed E-state index contributed by atoms with van der Waals surface area (Å²) in [5.41, 5.74) is 3.77. The van der Waals surface area contributed by atoms with Crippen molar-refractivity contribution in [3.8, 4) is 5.75 Å². The third-order valence-electron chi connectivity index (χ3n) is 4.19. The Morgan fingerprint density at radius 3 is 3.00 bits per heavy atom. The summed E-state index contributed by atoms with van der Waals surface area (Å²) in [4.78, 5) is 16.9. The molecule has 22 heavy (non-hydrogen) atoms. The first-order valence-electron chi connectivity index (χ1n) is 7.90. The number of anilines is 1. The summed E-state index contributed by atoms with van der Waals surface area (Å²) < 4.78 is 5.58. The van der Waals surface area contributed by atoms with E-state index in [2.05, 4.69) is 29.5 Å². The zero-order chi connectivity index (χ0) is 15.7. The molecule has 5 heteroatoms. The molecule has 5 nitrogen and oxygen atoms in total. The van der Waals surface area contributed by atoms with Crippen LogP contribution in [-0.2, 0) is 11.3 Å². The van der Waals surface area contributed by atoms with Crippen LogP contribution in [0.3, 0.4) is 0 Å². The number of nitrogens with one attached hydrogen (secondary N) is 2. The monoisotopic (exact) mass is 301 g/mol. The Morgan fingerprint density at radius 2 is 2.27 bits per heavy atom. The van der Waals surface area contributed by atoms with Crippen molar-refractivity contribution in [2.75, 3.05) is 19.0 Å². The van der Waals surface area contributed by atoms with E-state index in [-0.39, 0.29) is 11.8 Å². The SMILES string of the molecule is COc1cc(CNC(C)C)cc2c1C1=NCCCC1C(=O)N2. The molecule has 2 aliphatic heterocycles. The highest BCUT2D eigenvalue weighted by molar-refractivity contribution is 6.24. The lowest BCUT2D eigenvalue weighted by Gasteiger charge is -2.30. The number of hydrogen-bond donors (Lipinski definition) is 2. The van der Waals surface area contributed by atoms with Gasteiger partial charge in [-0.05, 0) is 30.5 Å². The van der Waals surface area contributed by atoms with Gasteiger partial charge in [0.05, 0.1) is 30.0 Å². The fraction of sp³-hybridized carbons (Fsp3) is 0.529. The maximum absolute atomic E-state index is 12.3. The number of methoxy groups -OCH3 is 1. The zero-order valence-corrected chi connectivity index (χ0v) is 13.4. The predicted molar refractivity (Wildman–Crippen MR) is 87.7 cm³/mol. The molecule has 2 aliphatic rings. The largest absolute Gasteiger partial charge is 0.496 e. The molecule has 1 aromatic carbocycles. The number of amides is 1. The van der Waals surface area contributed by atoms with E-state index in [9.17, 15) is 4.79 Å². The number of aliphatic imine (C=N–C) groups is 1. The second-order valence-electron chi connectivity index (χ2n) is 6.21. The van der Waals surface area contributed by atoms with Gasteiger partial charge < -0.3 is 15.4 Å². The van der Waals surface area contributed by atoms with Gasteiger partial charge in [0.15, 0.2) is 0 Å². The fourth-order valence-electron chi connectivity index (χ4n) is 3.09. The first-order valence-corrected chi connectivity index (χ1v) is 7.90. The van der Waals surface area contributed by atoms with E-state index < -0.39 is 0 Å². The van der Waals surface area contributed by atoms with Gasteiger partial charge in [-0.2, -0.15) is 0 Å². The molecule has 0 aromatic heterocycles. The Morgan fingerprint density at radius 1 is 1.45 bits per heavy atom. The third kappa shape index (κ3) is 2.73. The van der Waals surface area contributed by atoms with Crippen LogP contribution in [0.25, 0.3) is 0 Å². The quantitative estimate of drug-likeness (QED) is 0.897. The van der Waals surface area contributed by atoms with Crippen LogP contribution >= 0.6 is 0 Å². The second-order valence-corrected chi connectivity index (χ2v) is 6.21. The molecule has 0 bridgehead atoms. The van der Waals surface area contributed by atoms with Gasteiger partial charge in [-0.25, -0.2) is 0 Å². The lowest BCUT2D eigenvalue weighted by atomic mass is 9.84. The van der Waals surface area contributed by atoms with Gasteiger partial charge in [-0.1, -0.05) is 13.8 Å². The fourth-order valence-corrected chi connectivity index (χ4v) is 3.09. The molecule has 0 radical (unpaired) electrons. The molecule has 2 heterocycles. The van der Waals surface area contributed by atoms with Gasteiger partial charge in [-0.15, -0.1) is 0 Å². The molecule has 0 spiro atoms. The number of fused-ring (bicyclic) bond motifs is 3. The van der Waals surface area contributed by atoms with Gasteiger partial charge in [0.25, 0.3) is 0 Å². The first kappa shape index (κ1) is 15.0. The topological polar surface area (TPSA) is 62.7 Å².